The van der Waals surface area contributed by atoms with Gasteiger partial charge >= 0.3 is 0 Å². The molecule has 0 radical (unpaired) electrons. The molecule has 0 saturated heterocycles. The predicted molar refractivity (Wildman–Crippen MR) is 86.7 cm³/mol. The van der Waals surface area contributed by atoms with E-state index in [1.54, 1.807) is 0 Å². The molecule has 0 spiro atoms. The Bertz CT molecular complexity index is 415. The van der Waals surface area contributed by atoms with Crippen molar-refractivity contribution in [3.63, 3.8) is 0 Å². The highest BCUT2D eigenvalue weighted by Crippen LogP contribution is 2.30. The zero-order valence-electron chi connectivity index (χ0n) is 11.8. The topological polar surface area (TPSA) is 12.0 Å². The molecule has 1 fully saturated rings. The number of nitrogens with one attached hydrogen (secondary N) is 1. The summed E-state index contributed by atoms with van der Waals surface area (Å²) in [6.07, 6.45) is 6.94. The Morgan fingerprint density at radius 1 is 1.21 bits per heavy atom. The Labute approximate surface area is 130 Å². The maximum Gasteiger partial charge on any atom is 0.0464 e. The molecule has 2 atom stereocenters. The van der Waals surface area contributed by atoms with Crippen LogP contribution in [0.2, 0.25) is 5.02 Å². The summed E-state index contributed by atoms with van der Waals surface area (Å²) in [5.74, 6) is 0.824. The van der Waals surface area contributed by atoms with E-state index in [1.807, 2.05) is 6.07 Å². The second kappa shape index (κ2) is 7.10. The zero-order valence-corrected chi connectivity index (χ0v) is 14.1. The third-order valence-electron chi connectivity index (χ3n) is 4.30. The van der Waals surface area contributed by atoms with E-state index in [9.17, 15) is 0 Å². The zero-order chi connectivity index (χ0) is 13.8. The number of rotatable bonds is 4. The first-order valence-electron chi connectivity index (χ1n) is 7.29. The van der Waals surface area contributed by atoms with Crippen LogP contribution in [0, 0.1) is 5.92 Å². The van der Waals surface area contributed by atoms with Crippen molar-refractivity contribution in [1.82, 2.24) is 5.32 Å². The van der Waals surface area contributed by atoms with Crippen LogP contribution in [0.15, 0.2) is 22.7 Å². The Morgan fingerprint density at radius 2 is 1.89 bits per heavy atom. The molecule has 1 aromatic carbocycles. The highest BCUT2D eigenvalue weighted by molar-refractivity contribution is 9.10. The maximum atomic E-state index is 6.32. The average Bonchev–Trinajstić information content (AvgIpc) is 2.39. The predicted octanol–water partition coefficient (Wildman–Crippen LogP) is 5.72. The van der Waals surface area contributed by atoms with E-state index >= 15 is 0 Å². The maximum absolute atomic E-state index is 6.32. The first kappa shape index (κ1) is 15.3. The summed E-state index contributed by atoms with van der Waals surface area (Å²) in [6, 6.07) is 7.01. The van der Waals surface area contributed by atoms with Crippen LogP contribution in [-0.4, -0.2) is 6.04 Å². The van der Waals surface area contributed by atoms with Crippen molar-refractivity contribution in [1.29, 1.82) is 0 Å². The minimum Gasteiger partial charge on any atom is -0.307 e. The van der Waals surface area contributed by atoms with Crippen LogP contribution in [0.4, 0.5) is 0 Å². The lowest BCUT2D eigenvalue weighted by Gasteiger charge is -2.31. The van der Waals surface area contributed by atoms with E-state index in [1.165, 1.54) is 37.7 Å². The second-order valence-corrected chi connectivity index (χ2v) is 7.06. The van der Waals surface area contributed by atoms with Crippen LogP contribution in [-0.2, 0) is 0 Å². The molecular weight excluding hydrogens is 322 g/mol. The Kier molecular flexibility index (Phi) is 5.73. The SMILES string of the molecule is CC(N[C@@H](C)C1CCCCC1)c1ccc(Br)cc1Cl. The monoisotopic (exact) mass is 343 g/mol. The molecule has 1 aromatic rings. The molecule has 0 bridgehead atoms. The average molecular weight is 345 g/mol. The van der Waals surface area contributed by atoms with Gasteiger partial charge in [-0.3, -0.25) is 0 Å². The fourth-order valence-electron chi connectivity index (χ4n) is 3.11. The third kappa shape index (κ3) is 4.21. The third-order valence-corrected chi connectivity index (χ3v) is 5.12. The molecule has 0 aromatic heterocycles. The molecule has 2 rings (SSSR count). The Morgan fingerprint density at radius 3 is 2.53 bits per heavy atom. The van der Waals surface area contributed by atoms with Crippen molar-refractivity contribution in [2.45, 2.75) is 58.0 Å². The van der Waals surface area contributed by atoms with Gasteiger partial charge in [0.2, 0.25) is 0 Å². The second-order valence-electron chi connectivity index (χ2n) is 5.74. The van der Waals surface area contributed by atoms with Crippen LogP contribution in [0.25, 0.3) is 0 Å². The minimum absolute atomic E-state index is 0.303. The van der Waals surface area contributed by atoms with Crippen LogP contribution in [0.1, 0.15) is 57.6 Å². The summed E-state index contributed by atoms with van der Waals surface area (Å²) < 4.78 is 1.04. The molecule has 1 aliphatic carbocycles. The molecule has 1 unspecified atom stereocenters. The van der Waals surface area contributed by atoms with E-state index in [0.717, 1.165) is 15.4 Å². The fraction of sp³-hybridized carbons (Fsp3) is 0.625. The number of hydrogen-bond donors (Lipinski definition) is 1. The molecule has 106 valence electrons. The Balaban J connectivity index is 1.97. The smallest absolute Gasteiger partial charge is 0.0464 e. The van der Waals surface area contributed by atoms with Gasteiger partial charge in [0, 0.05) is 21.6 Å². The molecule has 0 heterocycles. The summed E-state index contributed by atoms with van der Waals surface area (Å²) in [5, 5.41) is 4.56. The lowest BCUT2D eigenvalue weighted by atomic mass is 9.84. The highest BCUT2D eigenvalue weighted by atomic mass is 79.9. The summed E-state index contributed by atoms with van der Waals surface area (Å²) in [5.41, 5.74) is 1.19. The van der Waals surface area contributed by atoms with Gasteiger partial charge in [-0.15, -0.1) is 0 Å². The van der Waals surface area contributed by atoms with Gasteiger partial charge in [-0.25, -0.2) is 0 Å². The highest BCUT2D eigenvalue weighted by Gasteiger charge is 2.22. The van der Waals surface area contributed by atoms with Gasteiger partial charge in [-0.1, -0.05) is 52.9 Å². The molecule has 1 aliphatic rings. The fourth-order valence-corrected chi connectivity index (χ4v) is 3.94. The van der Waals surface area contributed by atoms with Gasteiger partial charge in [0.25, 0.3) is 0 Å². The van der Waals surface area contributed by atoms with Gasteiger partial charge < -0.3 is 5.32 Å². The largest absolute Gasteiger partial charge is 0.307 e. The van der Waals surface area contributed by atoms with Crippen molar-refractivity contribution in [2.24, 2.45) is 5.92 Å². The van der Waals surface area contributed by atoms with E-state index in [-0.39, 0.29) is 0 Å². The van der Waals surface area contributed by atoms with Gasteiger partial charge in [0.15, 0.2) is 0 Å². The van der Waals surface area contributed by atoms with E-state index in [0.29, 0.717) is 12.1 Å². The molecular formula is C16H23BrClN. The van der Waals surface area contributed by atoms with Gasteiger partial charge in [0.05, 0.1) is 0 Å². The standard InChI is InChI=1S/C16H23BrClN/c1-11(13-6-4-3-5-7-13)19-12(2)15-9-8-14(17)10-16(15)18/h8-13,19H,3-7H2,1-2H3/t11-,12?/m0/s1. The lowest BCUT2D eigenvalue weighted by Crippen LogP contribution is -2.36. The summed E-state index contributed by atoms with van der Waals surface area (Å²) in [4.78, 5) is 0. The van der Waals surface area contributed by atoms with Crippen molar-refractivity contribution in [3.05, 3.63) is 33.3 Å². The number of hydrogen-bond acceptors (Lipinski definition) is 1. The molecule has 3 heteroatoms. The van der Waals surface area contributed by atoms with Crippen LogP contribution in [0.3, 0.4) is 0 Å². The van der Waals surface area contributed by atoms with Gasteiger partial charge in [-0.2, -0.15) is 0 Å². The van der Waals surface area contributed by atoms with Gasteiger partial charge in [-0.05, 0) is 50.3 Å². The van der Waals surface area contributed by atoms with Crippen molar-refractivity contribution in [2.75, 3.05) is 0 Å². The summed E-state index contributed by atoms with van der Waals surface area (Å²) >= 11 is 9.78. The first-order valence-corrected chi connectivity index (χ1v) is 8.46. The summed E-state index contributed by atoms with van der Waals surface area (Å²) in [6.45, 7) is 4.52. The first-order chi connectivity index (χ1) is 9.08. The van der Waals surface area contributed by atoms with Crippen molar-refractivity contribution < 1.29 is 0 Å². The number of benzene rings is 1. The van der Waals surface area contributed by atoms with Crippen LogP contribution >= 0.6 is 27.5 Å². The van der Waals surface area contributed by atoms with Crippen LogP contribution < -0.4 is 5.32 Å². The van der Waals surface area contributed by atoms with E-state index < -0.39 is 0 Å². The van der Waals surface area contributed by atoms with E-state index in [4.69, 9.17) is 11.6 Å². The lowest BCUT2D eigenvalue weighted by molar-refractivity contribution is 0.268. The molecule has 1 N–H and O–H groups in total. The van der Waals surface area contributed by atoms with E-state index in [2.05, 4.69) is 47.2 Å². The molecule has 1 nitrogen and oxygen atoms in total. The normalized spacial score (nSPS) is 20.2. The van der Waals surface area contributed by atoms with Crippen molar-refractivity contribution in [3.8, 4) is 0 Å². The quantitative estimate of drug-likeness (QED) is 0.736. The number of halogens is 2. The molecule has 0 aliphatic heterocycles. The minimum atomic E-state index is 0.303. The van der Waals surface area contributed by atoms with Crippen molar-refractivity contribution >= 4 is 27.5 Å². The Hall–Kier alpha value is -0.0500. The summed E-state index contributed by atoms with van der Waals surface area (Å²) in [7, 11) is 0. The van der Waals surface area contributed by atoms with Gasteiger partial charge in [0.1, 0.15) is 0 Å². The molecule has 0 amide bonds. The van der Waals surface area contributed by atoms with Crippen LogP contribution in [0.5, 0.6) is 0 Å². The molecule has 1 saturated carbocycles. The molecule has 19 heavy (non-hydrogen) atoms.